The minimum atomic E-state index is -1.07. The van der Waals surface area contributed by atoms with Gasteiger partial charge in [-0.1, -0.05) is 31.2 Å². The Hall–Kier alpha value is -1.35. The number of carbonyl (C=O) groups excluding carboxylic acids is 1. The van der Waals surface area contributed by atoms with Gasteiger partial charge in [-0.25, -0.2) is 4.79 Å². The van der Waals surface area contributed by atoms with Gasteiger partial charge in [0.25, 0.3) is 0 Å². The first-order valence-corrected chi connectivity index (χ1v) is 5.01. The maximum absolute atomic E-state index is 11.0. The number of aliphatic hydroxyl groups is 1. The molecule has 0 saturated carbocycles. The first-order chi connectivity index (χ1) is 7.17. The molecule has 0 unspecified atom stereocenters. The van der Waals surface area contributed by atoms with E-state index in [-0.39, 0.29) is 0 Å². The van der Waals surface area contributed by atoms with Crippen LogP contribution in [-0.4, -0.2) is 24.3 Å². The molecule has 1 aromatic carbocycles. The zero-order chi connectivity index (χ0) is 11.3. The quantitative estimate of drug-likeness (QED) is 0.759. The van der Waals surface area contributed by atoms with E-state index in [1.54, 1.807) is 0 Å². The van der Waals surface area contributed by atoms with Crippen LogP contribution in [0.15, 0.2) is 24.3 Å². The molecule has 3 heteroatoms. The summed E-state index contributed by atoms with van der Waals surface area (Å²) in [5.74, 6) is -0.588. The summed E-state index contributed by atoms with van der Waals surface area (Å²) < 4.78 is 4.44. The highest BCUT2D eigenvalue weighted by Gasteiger charge is 2.15. The molecule has 1 rings (SSSR count). The van der Waals surface area contributed by atoms with E-state index in [1.807, 2.05) is 24.3 Å². The van der Waals surface area contributed by atoms with Gasteiger partial charge in [0.15, 0.2) is 6.10 Å². The fraction of sp³-hybridized carbons (Fsp3) is 0.417. The normalized spacial score (nSPS) is 12.2. The van der Waals surface area contributed by atoms with E-state index < -0.39 is 12.1 Å². The predicted molar refractivity (Wildman–Crippen MR) is 57.5 cm³/mol. The van der Waals surface area contributed by atoms with Crippen LogP contribution in [0.5, 0.6) is 0 Å². The molecule has 15 heavy (non-hydrogen) atoms. The van der Waals surface area contributed by atoms with Gasteiger partial charge in [0, 0.05) is 6.42 Å². The van der Waals surface area contributed by atoms with Gasteiger partial charge in [-0.2, -0.15) is 0 Å². The van der Waals surface area contributed by atoms with Gasteiger partial charge in [-0.15, -0.1) is 0 Å². The molecule has 0 radical (unpaired) electrons. The number of rotatable bonds is 4. The molecule has 0 aliphatic rings. The lowest BCUT2D eigenvalue weighted by Gasteiger charge is -2.08. The molecule has 0 aliphatic carbocycles. The molecule has 0 saturated heterocycles. The highest BCUT2D eigenvalue weighted by atomic mass is 16.5. The minimum absolute atomic E-state index is 0.302. The lowest BCUT2D eigenvalue weighted by molar-refractivity contribution is -0.150. The Morgan fingerprint density at radius 2 is 1.87 bits per heavy atom. The Morgan fingerprint density at radius 1 is 1.33 bits per heavy atom. The number of aryl methyl sites for hydroxylation is 1. The lowest BCUT2D eigenvalue weighted by atomic mass is 10.0. The van der Waals surface area contributed by atoms with Crippen molar-refractivity contribution in [2.75, 3.05) is 7.11 Å². The Morgan fingerprint density at radius 3 is 2.33 bits per heavy atom. The van der Waals surface area contributed by atoms with Crippen LogP contribution in [-0.2, 0) is 22.4 Å². The molecule has 82 valence electrons. The Labute approximate surface area is 89.7 Å². The van der Waals surface area contributed by atoms with Crippen LogP contribution in [0, 0.1) is 0 Å². The van der Waals surface area contributed by atoms with Gasteiger partial charge in [-0.3, -0.25) is 0 Å². The van der Waals surface area contributed by atoms with Gasteiger partial charge in [0.05, 0.1) is 7.11 Å². The van der Waals surface area contributed by atoms with Crippen molar-refractivity contribution < 1.29 is 14.6 Å². The Bertz CT molecular complexity index is 316. The summed E-state index contributed by atoms with van der Waals surface area (Å²) in [4.78, 5) is 11.0. The van der Waals surface area contributed by atoms with E-state index in [0.29, 0.717) is 6.42 Å². The summed E-state index contributed by atoms with van der Waals surface area (Å²) in [6, 6.07) is 7.84. The standard InChI is InChI=1S/C12H16O3/c1-3-9-4-6-10(7-5-9)8-11(13)12(14)15-2/h4-7,11,13H,3,8H2,1-2H3/t11-/m1/s1. The Kier molecular flexibility index (Phi) is 4.31. The molecular weight excluding hydrogens is 192 g/mol. The molecule has 0 bridgehead atoms. The monoisotopic (exact) mass is 208 g/mol. The van der Waals surface area contributed by atoms with E-state index >= 15 is 0 Å². The second-order valence-electron chi connectivity index (χ2n) is 3.41. The molecule has 0 spiro atoms. The smallest absolute Gasteiger partial charge is 0.335 e. The second kappa shape index (κ2) is 5.51. The van der Waals surface area contributed by atoms with Crippen LogP contribution in [0.2, 0.25) is 0 Å². The van der Waals surface area contributed by atoms with E-state index in [2.05, 4.69) is 11.7 Å². The second-order valence-corrected chi connectivity index (χ2v) is 3.41. The minimum Gasteiger partial charge on any atom is -0.467 e. The Balaban J connectivity index is 2.60. The molecule has 1 atom stereocenters. The third-order valence-electron chi connectivity index (χ3n) is 2.33. The summed E-state index contributed by atoms with van der Waals surface area (Å²) >= 11 is 0. The molecule has 3 nitrogen and oxygen atoms in total. The lowest BCUT2D eigenvalue weighted by Crippen LogP contribution is -2.24. The zero-order valence-electron chi connectivity index (χ0n) is 9.06. The number of hydrogen-bond acceptors (Lipinski definition) is 3. The van der Waals surface area contributed by atoms with Crippen molar-refractivity contribution in [3.63, 3.8) is 0 Å². The average Bonchev–Trinajstić information content (AvgIpc) is 2.29. The summed E-state index contributed by atoms with van der Waals surface area (Å²) in [6.45, 7) is 2.08. The number of carbonyl (C=O) groups is 1. The first kappa shape index (κ1) is 11.7. The highest BCUT2D eigenvalue weighted by Crippen LogP contribution is 2.08. The van der Waals surface area contributed by atoms with Gasteiger partial charge < -0.3 is 9.84 Å². The van der Waals surface area contributed by atoms with Crippen LogP contribution in [0.3, 0.4) is 0 Å². The number of methoxy groups -OCH3 is 1. The van der Waals surface area contributed by atoms with Crippen molar-refractivity contribution in [3.8, 4) is 0 Å². The topological polar surface area (TPSA) is 46.5 Å². The predicted octanol–water partition coefficient (Wildman–Crippen LogP) is 1.33. The highest BCUT2D eigenvalue weighted by molar-refractivity contribution is 5.74. The van der Waals surface area contributed by atoms with E-state index in [4.69, 9.17) is 0 Å². The number of aliphatic hydroxyl groups excluding tert-OH is 1. The molecule has 0 aliphatic heterocycles. The van der Waals surface area contributed by atoms with Crippen LogP contribution in [0.4, 0.5) is 0 Å². The molecular formula is C12H16O3. The zero-order valence-corrected chi connectivity index (χ0v) is 9.06. The summed E-state index contributed by atoms with van der Waals surface area (Å²) in [7, 11) is 1.27. The maximum Gasteiger partial charge on any atom is 0.335 e. The van der Waals surface area contributed by atoms with E-state index in [0.717, 1.165) is 12.0 Å². The number of hydrogen-bond donors (Lipinski definition) is 1. The van der Waals surface area contributed by atoms with Crippen molar-refractivity contribution in [1.29, 1.82) is 0 Å². The summed E-state index contributed by atoms with van der Waals surface area (Å²) in [5.41, 5.74) is 2.18. The van der Waals surface area contributed by atoms with Crippen molar-refractivity contribution >= 4 is 5.97 Å². The number of ether oxygens (including phenoxy) is 1. The van der Waals surface area contributed by atoms with Crippen LogP contribution < -0.4 is 0 Å². The van der Waals surface area contributed by atoms with Crippen LogP contribution in [0.25, 0.3) is 0 Å². The maximum atomic E-state index is 11.0. The van der Waals surface area contributed by atoms with Gasteiger partial charge in [0.2, 0.25) is 0 Å². The van der Waals surface area contributed by atoms with Gasteiger partial charge in [0.1, 0.15) is 0 Å². The molecule has 1 aromatic rings. The van der Waals surface area contributed by atoms with Crippen LogP contribution in [0.1, 0.15) is 18.1 Å². The van der Waals surface area contributed by atoms with Gasteiger partial charge >= 0.3 is 5.97 Å². The largest absolute Gasteiger partial charge is 0.467 e. The van der Waals surface area contributed by atoms with Crippen LogP contribution >= 0.6 is 0 Å². The molecule has 0 fully saturated rings. The number of benzene rings is 1. The van der Waals surface area contributed by atoms with Gasteiger partial charge in [-0.05, 0) is 17.5 Å². The summed E-state index contributed by atoms with van der Waals surface area (Å²) in [5, 5.41) is 9.42. The third kappa shape index (κ3) is 3.36. The first-order valence-electron chi connectivity index (χ1n) is 5.01. The summed E-state index contributed by atoms with van der Waals surface area (Å²) in [6.07, 6.45) is 0.221. The average molecular weight is 208 g/mol. The van der Waals surface area contributed by atoms with Crippen molar-refractivity contribution in [2.24, 2.45) is 0 Å². The van der Waals surface area contributed by atoms with E-state index in [9.17, 15) is 9.90 Å². The van der Waals surface area contributed by atoms with Crippen molar-refractivity contribution in [2.45, 2.75) is 25.9 Å². The van der Waals surface area contributed by atoms with Crippen molar-refractivity contribution in [3.05, 3.63) is 35.4 Å². The molecule has 0 aromatic heterocycles. The fourth-order valence-corrected chi connectivity index (χ4v) is 1.35. The fourth-order valence-electron chi connectivity index (χ4n) is 1.35. The molecule has 0 heterocycles. The number of esters is 1. The SMILES string of the molecule is CCc1ccc(C[C@@H](O)C(=O)OC)cc1. The van der Waals surface area contributed by atoms with E-state index in [1.165, 1.54) is 12.7 Å². The third-order valence-corrected chi connectivity index (χ3v) is 2.33. The molecule has 0 amide bonds. The molecule has 1 N–H and O–H groups in total. The van der Waals surface area contributed by atoms with Crippen molar-refractivity contribution in [1.82, 2.24) is 0 Å².